The zero-order valence-electron chi connectivity index (χ0n) is 34.5. The minimum Gasteiger partial charge on any atom is -0.489 e. The van der Waals surface area contributed by atoms with E-state index in [0.717, 1.165) is 112 Å². The second-order valence-corrected chi connectivity index (χ2v) is 17.9. The number of aliphatic hydroxyl groups excluding tert-OH is 3. The van der Waals surface area contributed by atoms with Crippen LogP contribution < -0.4 is 19.9 Å². The molecule has 9 nitrogen and oxygen atoms in total. The molecular weight excluding hydrogens is 835 g/mol. The lowest BCUT2D eigenvalue weighted by Crippen LogP contribution is -2.47. The second-order valence-electron chi connectivity index (χ2n) is 16.7. The molecule has 0 amide bonds. The van der Waals surface area contributed by atoms with E-state index in [1.165, 1.54) is 12.8 Å². The van der Waals surface area contributed by atoms with Crippen LogP contribution in [-0.4, -0.2) is 88.7 Å². The van der Waals surface area contributed by atoms with Gasteiger partial charge in [-0.1, -0.05) is 87.6 Å². The molecule has 0 aromatic heterocycles. The number of likely N-dealkylation sites (tertiary alicyclic amines) is 2. The zero-order valence-corrected chi connectivity index (χ0v) is 36.8. The number of halogens is 5. The number of hydrogen-bond acceptors (Lipinski definition) is 9. The fourth-order valence-electron chi connectivity index (χ4n) is 6.65. The summed E-state index contributed by atoms with van der Waals surface area (Å²) < 4.78 is 17.1. The molecule has 6 atom stereocenters. The van der Waals surface area contributed by atoms with Gasteiger partial charge >= 0.3 is 0 Å². The van der Waals surface area contributed by atoms with Crippen LogP contribution in [0.1, 0.15) is 121 Å². The van der Waals surface area contributed by atoms with Gasteiger partial charge in [-0.05, 0) is 142 Å². The lowest BCUT2D eigenvalue weighted by Gasteiger charge is -2.34. The molecule has 0 radical (unpaired) electrons. The van der Waals surface area contributed by atoms with Gasteiger partial charge in [0, 0.05) is 19.1 Å². The molecule has 3 aromatic carbocycles. The minimum absolute atomic E-state index is 0. The fraction of sp³-hybridized carbons (Fsp3) is 0.609. The first-order valence-electron chi connectivity index (χ1n) is 21.0. The third-order valence-corrected chi connectivity index (χ3v) is 12.3. The Hall–Kier alpha value is -2.45. The van der Waals surface area contributed by atoms with Crippen LogP contribution in [0.5, 0.6) is 17.2 Å². The van der Waals surface area contributed by atoms with Gasteiger partial charge in [-0.2, -0.15) is 0 Å². The maximum absolute atomic E-state index is 10.4. The molecular formula is C46H68Cl3F2N3O6. The molecule has 338 valence electrons. The van der Waals surface area contributed by atoms with Crippen LogP contribution in [0.25, 0.3) is 0 Å². The van der Waals surface area contributed by atoms with Crippen molar-refractivity contribution in [2.24, 2.45) is 17.6 Å². The summed E-state index contributed by atoms with van der Waals surface area (Å²) in [6.07, 6.45) is 9.51. The first-order chi connectivity index (χ1) is 27.4. The van der Waals surface area contributed by atoms with Crippen molar-refractivity contribution in [2.75, 3.05) is 39.3 Å². The van der Waals surface area contributed by atoms with E-state index < -0.39 is 18.3 Å². The van der Waals surface area contributed by atoms with E-state index >= 15 is 0 Å². The Morgan fingerprint density at radius 3 is 1.22 bits per heavy atom. The summed E-state index contributed by atoms with van der Waals surface area (Å²) >= 11 is 18.6. The third-order valence-electron chi connectivity index (χ3n) is 11.4. The van der Waals surface area contributed by atoms with Crippen molar-refractivity contribution in [3.8, 4) is 17.2 Å². The Balaban J connectivity index is 0.000000235. The van der Waals surface area contributed by atoms with E-state index in [9.17, 15) is 15.3 Å². The summed E-state index contributed by atoms with van der Waals surface area (Å²) in [6, 6.07) is 16.4. The summed E-state index contributed by atoms with van der Waals surface area (Å²) in [6.45, 7) is 12.3. The number of rotatable bonds is 17. The number of benzene rings is 3. The van der Waals surface area contributed by atoms with Crippen LogP contribution >= 0.6 is 34.8 Å². The van der Waals surface area contributed by atoms with Gasteiger partial charge in [0.2, 0.25) is 0 Å². The lowest BCUT2D eigenvalue weighted by molar-refractivity contribution is 0.0677. The van der Waals surface area contributed by atoms with Gasteiger partial charge in [-0.15, -0.1) is 0 Å². The van der Waals surface area contributed by atoms with E-state index in [-0.39, 0.29) is 34.7 Å². The Morgan fingerprint density at radius 2 is 0.917 bits per heavy atom. The van der Waals surface area contributed by atoms with Crippen molar-refractivity contribution in [3.05, 3.63) is 86.4 Å². The molecule has 2 saturated heterocycles. The largest absolute Gasteiger partial charge is 0.489 e. The van der Waals surface area contributed by atoms with Crippen LogP contribution in [0.4, 0.5) is 9.41 Å². The minimum atomic E-state index is -0.692. The Bertz CT molecular complexity index is 1660. The van der Waals surface area contributed by atoms with Crippen molar-refractivity contribution in [2.45, 2.75) is 129 Å². The quantitative estimate of drug-likeness (QED) is 0.105. The standard InChI is InChI=1S/C16H22ClNO2.C15H21ClN2O2.C14H19ClO2.CH4.2FH/c1-11(10-18-7-2-8-18)16(19)12-3-6-15(14(17)9-12)20-13-4-5-13;16-12-8-10(2-5-14(12)20-11-3-4-11)15(19)13(17)9-18-6-1-7-18;1-3-9(2)14(16)10-4-7-13(12(15)8-10)17-11-5-6-11;;;/h3,6,9,11,13,16,19H,2,4-5,7-8,10H2,1H3;2,5,8,11,13,15,19H,1,3-4,6-7,9,17H2;4,7-9,11,14,16H,3,5-6H2,1-2H3;1H4;2*1H/t11-,16+;13-,15-;9-,14+;;;/m111.../s1. The summed E-state index contributed by atoms with van der Waals surface area (Å²) in [5.74, 6) is 2.61. The predicted octanol–water partition coefficient (Wildman–Crippen LogP) is 10.1. The number of ether oxygens (including phenoxy) is 3. The van der Waals surface area contributed by atoms with E-state index in [1.807, 2.05) is 55.5 Å². The first-order valence-corrected chi connectivity index (χ1v) is 22.1. The molecule has 3 aliphatic carbocycles. The number of nitrogens with two attached hydrogens (primary N) is 1. The smallest absolute Gasteiger partial charge is 0.138 e. The maximum atomic E-state index is 10.4. The summed E-state index contributed by atoms with van der Waals surface area (Å²) in [5.41, 5.74) is 8.58. The monoisotopic (exact) mass is 901 g/mol. The summed E-state index contributed by atoms with van der Waals surface area (Å²) in [5, 5.41) is 32.6. The molecule has 0 unspecified atom stereocenters. The van der Waals surface area contributed by atoms with Crippen LogP contribution in [0, 0.1) is 11.8 Å². The first kappa shape index (κ1) is 51.9. The Morgan fingerprint density at radius 1 is 0.583 bits per heavy atom. The SMILES string of the molecule is C.CC[C@@H](C)[C@H](O)c1ccc(OC2CC2)c(Cl)c1.C[C@H](CN1CCC1)[C@H](O)c1ccc(OC2CC2)c(Cl)c1.F.F.N[C@H](CN1CCC1)[C@H](O)c1ccc(OC2CC2)c(Cl)c1. The molecule has 0 spiro atoms. The van der Waals surface area contributed by atoms with Crippen LogP contribution in [0.3, 0.4) is 0 Å². The van der Waals surface area contributed by atoms with E-state index in [0.29, 0.717) is 39.1 Å². The molecule has 60 heavy (non-hydrogen) atoms. The van der Waals surface area contributed by atoms with Gasteiger partial charge in [-0.25, -0.2) is 0 Å². The van der Waals surface area contributed by atoms with Gasteiger partial charge in [-0.3, -0.25) is 9.41 Å². The Kier molecular flexibility index (Phi) is 21.1. The molecule has 3 saturated carbocycles. The molecule has 0 bridgehead atoms. The number of nitrogens with zero attached hydrogens (tertiary/aromatic N) is 2. The lowest BCUT2D eigenvalue weighted by atomic mass is 9.95. The highest BCUT2D eigenvalue weighted by molar-refractivity contribution is 6.32. The highest BCUT2D eigenvalue weighted by Gasteiger charge is 2.28. The fourth-order valence-corrected chi connectivity index (χ4v) is 7.35. The highest BCUT2D eigenvalue weighted by Crippen LogP contribution is 2.37. The topological polar surface area (TPSA) is 121 Å². The van der Waals surface area contributed by atoms with Crippen LogP contribution in [0.2, 0.25) is 15.1 Å². The molecule has 2 aliphatic heterocycles. The van der Waals surface area contributed by atoms with Crippen molar-refractivity contribution < 1.29 is 38.9 Å². The average Bonchev–Trinajstić information content (AvgIpc) is 4.01. The molecule has 5 fully saturated rings. The van der Waals surface area contributed by atoms with E-state index in [2.05, 4.69) is 23.6 Å². The van der Waals surface area contributed by atoms with Crippen molar-refractivity contribution in [1.29, 1.82) is 0 Å². The van der Waals surface area contributed by atoms with Gasteiger partial charge < -0.3 is 45.1 Å². The van der Waals surface area contributed by atoms with E-state index in [4.69, 9.17) is 54.7 Å². The van der Waals surface area contributed by atoms with Crippen molar-refractivity contribution in [1.82, 2.24) is 9.80 Å². The number of hydrogen-bond donors (Lipinski definition) is 4. The molecule has 2 heterocycles. The normalized spacial score (nSPS) is 20.1. The zero-order chi connectivity index (χ0) is 40.6. The second kappa shape index (κ2) is 24.4. The van der Waals surface area contributed by atoms with Crippen molar-refractivity contribution in [3.63, 3.8) is 0 Å². The van der Waals surface area contributed by atoms with Gasteiger partial charge in [0.15, 0.2) is 0 Å². The van der Waals surface area contributed by atoms with Gasteiger partial charge in [0.25, 0.3) is 0 Å². The van der Waals surface area contributed by atoms with Crippen molar-refractivity contribution >= 4 is 34.8 Å². The highest BCUT2D eigenvalue weighted by atomic mass is 35.5. The predicted molar refractivity (Wildman–Crippen MR) is 241 cm³/mol. The molecule has 5 aliphatic rings. The molecule has 14 heteroatoms. The van der Waals surface area contributed by atoms with E-state index in [1.54, 1.807) is 6.07 Å². The van der Waals surface area contributed by atoms with Gasteiger partial charge in [0.05, 0.1) is 51.7 Å². The third kappa shape index (κ3) is 15.4. The Labute approximate surface area is 371 Å². The molecule has 5 N–H and O–H groups in total. The van der Waals surface area contributed by atoms with Crippen LogP contribution in [-0.2, 0) is 0 Å². The van der Waals surface area contributed by atoms with Gasteiger partial charge in [0.1, 0.15) is 17.2 Å². The molecule has 8 rings (SSSR count). The average molecular weight is 903 g/mol. The summed E-state index contributed by atoms with van der Waals surface area (Å²) in [7, 11) is 0. The summed E-state index contributed by atoms with van der Waals surface area (Å²) in [4.78, 5) is 4.63. The molecule has 3 aromatic rings. The maximum Gasteiger partial charge on any atom is 0.138 e. The van der Waals surface area contributed by atoms with Crippen LogP contribution in [0.15, 0.2) is 54.6 Å². The number of aliphatic hydroxyl groups is 3.